The van der Waals surface area contributed by atoms with Crippen molar-refractivity contribution < 1.29 is 36.4 Å². The molecule has 2 heterocycles. The molecule has 0 aliphatic heterocycles. The Bertz CT molecular complexity index is 1280. The van der Waals surface area contributed by atoms with Gasteiger partial charge in [-0.1, -0.05) is 16.8 Å². The Balaban J connectivity index is 1.22. The molecule has 8 nitrogen and oxygen atoms in total. The molecule has 0 spiro atoms. The van der Waals surface area contributed by atoms with E-state index >= 15 is 0 Å². The normalized spacial score (nSPS) is 23.7. The number of amides is 1. The molecule has 2 bridgehead atoms. The zero-order valence-corrected chi connectivity index (χ0v) is 18.6. The molecule has 6 rings (SSSR count). The summed E-state index contributed by atoms with van der Waals surface area (Å²) in [5.41, 5.74) is 3.63. The third kappa shape index (κ3) is 4.15. The minimum atomic E-state index is -4.54. The maximum atomic E-state index is 13.7. The van der Waals surface area contributed by atoms with E-state index < -0.39 is 40.4 Å². The number of carbonyl (C=O) groups is 1. The van der Waals surface area contributed by atoms with Crippen LogP contribution in [0.5, 0.6) is 11.5 Å². The Morgan fingerprint density at radius 1 is 1.20 bits per heavy atom. The predicted molar refractivity (Wildman–Crippen MR) is 111 cm³/mol. The van der Waals surface area contributed by atoms with Gasteiger partial charge in [0.05, 0.1) is 22.2 Å². The van der Waals surface area contributed by atoms with Crippen LogP contribution in [0.4, 0.5) is 17.6 Å². The number of aromatic nitrogens is 3. The van der Waals surface area contributed by atoms with E-state index in [1.54, 1.807) is 0 Å². The summed E-state index contributed by atoms with van der Waals surface area (Å²) in [7, 11) is 0. The molecule has 1 atom stereocenters. The standard InChI is InChI=1S/C22H17ClF4N4O4/c23-14-2-1-12(4-15(14)24)34-17(18(28)32)20-8-21(9-20,10-20)19-30-16(31-35-19)7-33-13-3-11(5-29-6-13)22(25,26)27/h1-6,17H,7-10H2,(H2,28,32). The molecule has 3 saturated carbocycles. The molecular formula is C22H17ClF4N4O4. The van der Waals surface area contributed by atoms with Crippen LogP contribution in [0, 0.1) is 11.2 Å². The van der Waals surface area contributed by atoms with Gasteiger partial charge in [-0.05, 0) is 37.5 Å². The molecule has 3 aromatic rings. The molecule has 2 aromatic heterocycles. The zero-order valence-electron chi connectivity index (χ0n) is 17.8. The number of rotatable bonds is 8. The lowest BCUT2D eigenvalue weighted by molar-refractivity contribution is -0.208. The fourth-order valence-corrected chi connectivity index (χ4v) is 4.99. The van der Waals surface area contributed by atoms with Gasteiger partial charge in [0.25, 0.3) is 5.91 Å². The van der Waals surface area contributed by atoms with Crippen molar-refractivity contribution >= 4 is 17.5 Å². The maximum absolute atomic E-state index is 13.7. The first-order valence-corrected chi connectivity index (χ1v) is 10.8. The first-order chi connectivity index (χ1) is 16.5. The molecule has 13 heteroatoms. The molecule has 1 unspecified atom stereocenters. The molecule has 0 radical (unpaired) electrons. The molecule has 3 aliphatic carbocycles. The van der Waals surface area contributed by atoms with Crippen molar-refractivity contribution in [3.8, 4) is 11.5 Å². The number of hydrogen-bond donors (Lipinski definition) is 1. The summed E-state index contributed by atoms with van der Waals surface area (Å²) >= 11 is 5.68. The third-order valence-corrected chi connectivity index (χ3v) is 6.67. The second-order valence-electron chi connectivity index (χ2n) is 8.86. The van der Waals surface area contributed by atoms with Gasteiger partial charge in [0, 0.05) is 17.7 Å². The molecule has 3 fully saturated rings. The summed E-state index contributed by atoms with van der Waals surface area (Å²) in [6.07, 6.45) is -2.21. The van der Waals surface area contributed by atoms with Crippen LogP contribution in [0.25, 0.3) is 0 Å². The van der Waals surface area contributed by atoms with Gasteiger partial charge in [0.15, 0.2) is 12.7 Å². The van der Waals surface area contributed by atoms with E-state index in [2.05, 4.69) is 15.1 Å². The number of nitrogens with two attached hydrogens (primary N) is 1. The van der Waals surface area contributed by atoms with Crippen LogP contribution in [-0.4, -0.2) is 27.1 Å². The molecule has 3 aliphatic rings. The average molecular weight is 513 g/mol. The van der Waals surface area contributed by atoms with E-state index in [0.29, 0.717) is 31.4 Å². The van der Waals surface area contributed by atoms with E-state index in [0.717, 1.165) is 18.3 Å². The lowest BCUT2D eigenvalue weighted by atomic mass is 9.33. The lowest BCUT2D eigenvalue weighted by Crippen LogP contribution is -2.72. The van der Waals surface area contributed by atoms with Crippen molar-refractivity contribution in [2.75, 3.05) is 0 Å². The number of benzene rings is 1. The quantitative estimate of drug-likeness (QED) is 0.450. The second kappa shape index (κ2) is 8.08. The highest BCUT2D eigenvalue weighted by Gasteiger charge is 2.75. The molecule has 35 heavy (non-hydrogen) atoms. The van der Waals surface area contributed by atoms with Crippen LogP contribution in [-0.2, 0) is 23.0 Å². The number of halogens is 5. The highest BCUT2D eigenvalue weighted by Crippen LogP contribution is 2.75. The van der Waals surface area contributed by atoms with Crippen LogP contribution in [0.2, 0.25) is 5.02 Å². The fourth-order valence-electron chi connectivity index (χ4n) is 4.87. The van der Waals surface area contributed by atoms with Crippen molar-refractivity contribution in [3.63, 3.8) is 0 Å². The van der Waals surface area contributed by atoms with Crippen molar-refractivity contribution in [3.05, 3.63) is 64.8 Å². The number of nitrogens with zero attached hydrogens (tertiary/aromatic N) is 3. The van der Waals surface area contributed by atoms with E-state index in [-0.39, 0.29) is 29.0 Å². The zero-order chi connectivity index (χ0) is 25.0. The third-order valence-electron chi connectivity index (χ3n) is 6.36. The van der Waals surface area contributed by atoms with Crippen LogP contribution in [0.3, 0.4) is 0 Å². The van der Waals surface area contributed by atoms with Gasteiger partial charge in [-0.25, -0.2) is 4.39 Å². The van der Waals surface area contributed by atoms with Gasteiger partial charge in [-0.3, -0.25) is 9.78 Å². The van der Waals surface area contributed by atoms with Gasteiger partial charge in [0.2, 0.25) is 11.7 Å². The topological polar surface area (TPSA) is 113 Å². The number of carbonyl (C=O) groups excluding carboxylic acids is 1. The van der Waals surface area contributed by atoms with E-state index in [1.165, 1.54) is 12.1 Å². The lowest BCUT2D eigenvalue weighted by Gasteiger charge is -2.69. The molecule has 1 aromatic carbocycles. The summed E-state index contributed by atoms with van der Waals surface area (Å²) in [5.74, 6) is -0.825. The molecule has 184 valence electrons. The Morgan fingerprint density at radius 3 is 2.60 bits per heavy atom. The van der Waals surface area contributed by atoms with Crippen LogP contribution >= 0.6 is 11.6 Å². The Kier molecular flexibility index (Phi) is 5.38. The SMILES string of the molecule is NC(=O)C(Oc1ccc(Cl)c(F)c1)C12CC(c3nc(COc4cncc(C(F)(F)F)c4)no3)(C1)C2. The van der Waals surface area contributed by atoms with Crippen LogP contribution in [0.15, 0.2) is 41.2 Å². The molecular weight excluding hydrogens is 496 g/mol. The fraction of sp³-hybridized carbons (Fsp3) is 0.364. The predicted octanol–water partition coefficient (Wildman–Crippen LogP) is 4.21. The largest absolute Gasteiger partial charge is 0.484 e. The number of primary amides is 1. The summed E-state index contributed by atoms with van der Waals surface area (Å²) in [4.78, 5) is 19.9. The van der Waals surface area contributed by atoms with Gasteiger partial charge in [-0.2, -0.15) is 18.2 Å². The van der Waals surface area contributed by atoms with Crippen LogP contribution < -0.4 is 15.2 Å². The van der Waals surface area contributed by atoms with Crippen molar-refractivity contribution in [1.82, 2.24) is 15.1 Å². The van der Waals surface area contributed by atoms with Gasteiger partial charge in [0.1, 0.15) is 17.3 Å². The number of hydrogen-bond acceptors (Lipinski definition) is 7. The number of pyridine rings is 1. The smallest absolute Gasteiger partial charge is 0.418 e. The Hall–Kier alpha value is -3.41. The van der Waals surface area contributed by atoms with E-state index in [9.17, 15) is 22.4 Å². The average Bonchev–Trinajstić information content (AvgIpc) is 3.20. The molecule has 0 saturated heterocycles. The number of ether oxygens (including phenoxy) is 2. The number of alkyl halides is 3. The molecule has 1 amide bonds. The minimum Gasteiger partial charge on any atom is -0.484 e. The van der Waals surface area contributed by atoms with Crippen LogP contribution in [0.1, 0.15) is 36.5 Å². The highest BCUT2D eigenvalue weighted by molar-refractivity contribution is 6.30. The van der Waals surface area contributed by atoms with E-state index in [4.69, 9.17) is 31.3 Å². The molecule has 2 N–H and O–H groups in total. The second-order valence-corrected chi connectivity index (χ2v) is 9.27. The summed E-state index contributed by atoms with van der Waals surface area (Å²) in [5, 5.41) is 3.76. The van der Waals surface area contributed by atoms with E-state index in [1.807, 2.05) is 0 Å². The van der Waals surface area contributed by atoms with Crippen molar-refractivity contribution in [2.24, 2.45) is 11.1 Å². The first kappa shape index (κ1) is 23.3. The van der Waals surface area contributed by atoms with Gasteiger partial charge >= 0.3 is 6.18 Å². The van der Waals surface area contributed by atoms with Gasteiger partial charge in [-0.15, -0.1) is 0 Å². The Labute approximate surface area is 200 Å². The Morgan fingerprint density at radius 2 is 1.94 bits per heavy atom. The highest BCUT2D eigenvalue weighted by atomic mass is 35.5. The maximum Gasteiger partial charge on any atom is 0.418 e. The van der Waals surface area contributed by atoms with Crippen molar-refractivity contribution in [2.45, 2.75) is 43.6 Å². The van der Waals surface area contributed by atoms with Gasteiger partial charge < -0.3 is 19.7 Å². The summed E-state index contributed by atoms with van der Waals surface area (Å²) in [6, 6.07) is 4.69. The van der Waals surface area contributed by atoms with Crippen molar-refractivity contribution in [1.29, 1.82) is 0 Å². The summed E-state index contributed by atoms with van der Waals surface area (Å²) in [6.45, 7) is -0.219. The first-order valence-electron chi connectivity index (χ1n) is 10.4. The summed E-state index contributed by atoms with van der Waals surface area (Å²) < 4.78 is 68.6. The monoisotopic (exact) mass is 512 g/mol. The minimum absolute atomic E-state index is 0.0714.